The highest BCUT2D eigenvalue weighted by molar-refractivity contribution is 6.05. The molecule has 0 unspecified atom stereocenters. The molecule has 0 aromatic heterocycles. The van der Waals surface area contributed by atoms with Gasteiger partial charge >= 0.3 is 0 Å². The molecule has 0 bridgehead atoms. The van der Waals surface area contributed by atoms with E-state index in [-0.39, 0.29) is 5.69 Å². The molecule has 126 valence electrons. The number of hydrogen-bond donors (Lipinski definition) is 1. The molecular weight excluding hydrogens is 320 g/mol. The van der Waals surface area contributed by atoms with Crippen molar-refractivity contribution in [2.24, 2.45) is 0 Å². The third-order valence-electron chi connectivity index (χ3n) is 3.97. The van der Waals surface area contributed by atoms with E-state index in [1.165, 1.54) is 11.6 Å². The van der Waals surface area contributed by atoms with Gasteiger partial charge in [0.1, 0.15) is 11.6 Å². The van der Waals surface area contributed by atoms with Crippen molar-refractivity contribution < 1.29 is 13.6 Å². The zero-order chi connectivity index (χ0) is 17.6. The molecule has 4 heteroatoms. The first-order chi connectivity index (χ1) is 12.1. The van der Waals surface area contributed by atoms with Gasteiger partial charge < -0.3 is 5.32 Å². The Kier molecular flexibility index (Phi) is 5.19. The highest BCUT2D eigenvalue weighted by atomic mass is 19.1. The number of anilines is 1. The Balaban J connectivity index is 1.76. The lowest BCUT2D eigenvalue weighted by Gasteiger charge is -2.11. The molecule has 0 aliphatic rings. The summed E-state index contributed by atoms with van der Waals surface area (Å²) < 4.78 is 26.7. The Morgan fingerprint density at radius 3 is 2.32 bits per heavy atom. The van der Waals surface area contributed by atoms with E-state index in [1.807, 2.05) is 42.5 Å². The number of amides is 1. The normalized spacial score (nSPS) is 10.5. The van der Waals surface area contributed by atoms with Crippen LogP contribution in [0.2, 0.25) is 0 Å². The number of carbonyl (C=O) groups excluding carboxylic acids is 1. The van der Waals surface area contributed by atoms with Gasteiger partial charge in [-0.3, -0.25) is 4.79 Å². The van der Waals surface area contributed by atoms with Crippen LogP contribution in [0.15, 0.2) is 72.8 Å². The molecule has 2 nitrogen and oxygen atoms in total. The van der Waals surface area contributed by atoms with Crippen LogP contribution in [0, 0.1) is 11.6 Å². The van der Waals surface area contributed by atoms with Crippen molar-refractivity contribution in [2.75, 3.05) is 5.32 Å². The number of hydrogen-bond acceptors (Lipinski definition) is 1. The summed E-state index contributed by atoms with van der Waals surface area (Å²) in [6.07, 6.45) is 1.50. The third-order valence-corrected chi connectivity index (χ3v) is 3.97. The van der Waals surface area contributed by atoms with Gasteiger partial charge in [-0.25, -0.2) is 8.78 Å². The summed E-state index contributed by atoms with van der Waals surface area (Å²) in [5, 5.41) is 2.51. The fraction of sp³-hybridized carbons (Fsp3) is 0.0952. The molecule has 0 saturated carbocycles. The Labute approximate surface area is 145 Å². The van der Waals surface area contributed by atoms with Gasteiger partial charge in [-0.1, -0.05) is 48.5 Å². The number of benzene rings is 3. The number of aryl methyl sites for hydroxylation is 2. The molecule has 1 amide bonds. The smallest absolute Gasteiger partial charge is 0.256 e. The summed E-state index contributed by atoms with van der Waals surface area (Å²) in [4.78, 5) is 12.5. The molecule has 0 heterocycles. The van der Waals surface area contributed by atoms with Gasteiger partial charge in [0, 0.05) is 11.6 Å². The van der Waals surface area contributed by atoms with E-state index in [1.54, 1.807) is 12.1 Å². The largest absolute Gasteiger partial charge is 0.319 e. The van der Waals surface area contributed by atoms with Crippen molar-refractivity contribution in [1.29, 1.82) is 0 Å². The second-order valence-electron chi connectivity index (χ2n) is 5.72. The molecule has 0 fully saturated rings. The maximum atomic E-state index is 13.7. The van der Waals surface area contributed by atoms with Crippen LogP contribution in [-0.2, 0) is 12.8 Å². The van der Waals surface area contributed by atoms with E-state index in [0.717, 1.165) is 24.1 Å². The summed E-state index contributed by atoms with van der Waals surface area (Å²) in [7, 11) is 0. The standard InChI is InChI=1S/C21H17F2NO/c22-17-12-13-20(19(23)14-17)24-21(25)18-9-5-4-8-16(18)11-10-15-6-2-1-3-7-15/h1-9,12-14H,10-11H2,(H,24,25). The van der Waals surface area contributed by atoms with E-state index in [0.29, 0.717) is 12.0 Å². The number of halogens is 2. The van der Waals surface area contributed by atoms with E-state index < -0.39 is 17.5 Å². The molecular formula is C21H17F2NO. The summed E-state index contributed by atoms with van der Waals surface area (Å²) in [6.45, 7) is 0. The van der Waals surface area contributed by atoms with E-state index in [4.69, 9.17) is 0 Å². The first-order valence-electron chi connectivity index (χ1n) is 8.02. The first kappa shape index (κ1) is 16.8. The molecule has 25 heavy (non-hydrogen) atoms. The topological polar surface area (TPSA) is 29.1 Å². The average molecular weight is 337 g/mol. The van der Waals surface area contributed by atoms with Crippen LogP contribution in [-0.4, -0.2) is 5.91 Å². The molecule has 0 aliphatic heterocycles. The fourth-order valence-electron chi connectivity index (χ4n) is 2.66. The number of carbonyl (C=O) groups is 1. The second-order valence-corrected chi connectivity index (χ2v) is 5.72. The number of rotatable bonds is 5. The quantitative estimate of drug-likeness (QED) is 0.697. The van der Waals surface area contributed by atoms with Gasteiger partial charge in [-0.05, 0) is 42.2 Å². The van der Waals surface area contributed by atoms with E-state index in [9.17, 15) is 13.6 Å². The van der Waals surface area contributed by atoms with Crippen LogP contribution in [0.1, 0.15) is 21.5 Å². The lowest BCUT2D eigenvalue weighted by Crippen LogP contribution is -2.15. The predicted octanol–water partition coefficient (Wildman–Crippen LogP) is 5.00. The Morgan fingerprint density at radius 1 is 0.840 bits per heavy atom. The minimum Gasteiger partial charge on any atom is -0.319 e. The third kappa shape index (κ3) is 4.29. The lowest BCUT2D eigenvalue weighted by atomic mass is 9.99. The molecule has 0 aliphatic carbocycles. The van der Waals surface area contributed by atoms with Gasteiger partial charge in [-0.2, -0.15) is 0 Å². The zero-order valence-corrected chi connectivity index (χ0v) is 13.5. The van der Waals surface area contributed by atoms with Crippen LogP contribution >= 0.6 is 0 Å². The molecule has 3 aromatic rings. The minimum atomic E-state index is -0.796. The van der Waals surface area contributed by atoms with Crippen molar-refractivity contribution in [3.63, 3.8) is 0 Å². The van der Waals surface area contributed by atoms with E-state index in [2.05, 4.69) is 5.32 Å². The summed E-state index contributed by atoms with van der Waals surface area (Å²) in [5.41, 5.74) is 2.51. The average Bonchev–Trinajstić information content (AvgIpc) is 2.63. The first-order valence-corrected chi connectivity index (χ1v) is 8.02. The Hall–Kier alpha value is -3.01. The molecule has 0 atom stereocenters. The van der Waals surface area contributed by atoms with Crippen LogP contribution < -0.4 is 5.32 Å². The van der Waals surface area contributed by atoms with Crippen molar-refractivity contribution in [1.82, 2.24) is 0 Å². The summed E-state index contributed by atoms with van der Waals surface area (Å²) in [5.74, 6) is -1.89. The van der Waals surface area contributed by atoms with Crippen LogP contribution in [0.5, 0.6) is 0 Å². The monoisotopic (exact) mass is 337 g/mol. The van der Waals surface area contributed by atoms with Crippen molar-refractivity contribution >= 4 is 11.6 Å². The van der Waals surface area contributed by atoms with Crippen LogP contribution in [0.3, 0.4) is 0 Å². The number of nitrogens with one attached hydrogen (secondary N) is 1. The van der Waals surface area contributed by atoms with Gasteiger partial charge in [0.15, 0.2) is 0 Å². The Bertz CT molecular complexity index is 878. The van der Waals surface area contributed by atoms with Gasteiger partial charge in [0.25, 0.3) is 5.91 Å². The van der Waals surface area contributed by atoms with Crippen molar-refractivity contribution in [3.05, 3.63) is 101 Å². The summed E-state index contributed by atoms with van der Waals surface area (Å²) in [6, 6.07) is 20.3. The fourth-order valence-corrected chi connectivity index (χ4v) is 2.66. The minimum absolute atomic E-state index is 0.0377. The highest BCUT2D eigenvalue weighted by Gasteiger charge is 2.13. The van der Waals surface area contributed by atoms with Crippen molar-refractivity contribution in [3.8, 4) is 0 Å². The Morgan fingerprint density at radius 2 is 1.56 bits per heavy atom. The van der Waals surface area contributed by atoms with Gasteiger partial charge in [0.2, 0.25) is 0 Å². The maximum absolute atomic E-state index is 13.7. The highest BCUT2D eigenvalue weighted by Crippen LogP contribution is 2.18. The van der Waals surface area contributed by atoms with E-state index >= 15 is 0 Å². The second kappa shape index (κ2) is 7.71. The maximum Gasteiger partial charge on any atom is 0.256 e. The predicted molar refractivity (Wildman–Crippen MR) is 94.6 cm³/mol. The van der Waals surface area contributed by atoms with Gasteiger partial charge in [-0.15, -0.1) is 0 Å². The van der Waals surface area contributed by atoms with Crippen LogP contribution in [0.4, 0.5) is 14.5 Å². The SMILES string of the molecule is O=C(Nc1ccc(F)cc1F)c1ccccc1CCc1ccccc1. The van der Waals surface area contributed by atoms with Gasteiger partial charge in [0.05, 0.1) is 5.69 Å². The molecule has 3 aromatic carbocycles. The molecule has 0 radical (unpaired) electrons. The zero-order valence-electron chi connectivity index (χ0n) is 13.5. The molecule has 1 N–H and O–H groups in total. The molecule has 0 saturated heterocycles. The lowest BCUT2D eigenvalue weighted by molar-refractivity contribution is 0.102. The molecule has 3 rings (SSSR count). The van der Waals surface area contributed by atoms with Crippen LogP contribution in [0.25, 0.3) is 0 Å². The van der Waals surface area contributed by atoms with Crippen molar-refractivity contribution in [2.45, 2.75) is 12.8 Å². The molecule has 0 spiro atoms. The summed E-state index contributed by atoms with van der Waals surface area (Å²) >= 11 is 0.